The summed E-state index contributed by atoms with van der Waals surface area (Å²) < 4.78 is 0. The summed E-state index contributed by atoms with van der Waals surface area (Å²) in [5.41, 5.74) is 6.80. The van der Waals surface area contributed by atoms with E-state index in [2.05, 4.69) is 10.6 Å². The predicted octanol–water partition coefficient (Wildman–Crippen LogP) is 1.30. The number of nitrogen functional groups attached to an aromatic ring is 1. The number of carbonyl (C=O) groups is 1. The molecule has 78 valence electrons. The summed E-state index contributed by atoms with van der Waals surface area (Å²) in [7, 11) is 0. The number of anilines is 2. The number of hydrogen-bond acceptors (Lipinski definition) is 3. The molecule has 0 fully saturated rings. The number of hydrogen-bond donors (Lipinski definition) is 3. The lowest BCUT2D eigenvalue weighted by Gasteiger charge is -2.05. The number of nitrogens with one attached hydrogen (secondary N) is 2. The molecule has 0 aliphatic heterocycles. The average Bonchev–Trinajstić information content (AvgIpc) is 2.22. The molecule has 0 aliphatic carbocycles. The number of carbonyl (C=O) groups excluding carboxylic acids is 1. The van der Waals surface area contributed by atoms with Gasteiger partial charge in [-0.25, -0.2) is 4.79 Å². The maximum atomic E-state index is 11.2. The van der Waals surface area contributed by atoms with Gasteiger partial charge in [0.25, 0.3) is 0 Å². The number of nitriles is 1. The van der Waals surface area contributed by atoms with Gasteiger partial charge in [-0.1, -0.05) is 0 Å². The van der Waals surface area contributed by atoms with E-state index in [9.17, 15) is 4.79 Å². The molecule has 0 saturated carbocycles. The minimum atomic E-state index is -0.324. The van der Waals surface area contributed by atoms with Crippen LogP contribution in [-0.2, 0) is 0 Å². The van der Waals surface area contributed by atoms with Crippen molar-refractivity contribution in [3.8, 4) is 6.07 Å². The second-order valence-corrected chi connectivity index (χ2v) is 2.91. The first-order valence-corrected chi connectivity index (χ1v) is 4.49. The molecule has 2 amide bonds. The van der Waals surface area contributed by atoms with E-state index < -0.39 is 0 Å². The third-order valence-corrected chi connectivity index (χ3v) is 1.69. The number of benzene rings is 1. The van der Waals surface area contributed by atoms with Gasteiger partial charge >= 0.3 is 6.03 Å². The van der Waals surface area contributed by atoms with Crippen molar-refractivity contribution in [3.05, 3.63) is 24.3 Å². The Kier molecular flexibility index (Phi) is 3.98. The Labute approximate surface area is 87.9 Å². The van der Waals surface area contributed by atoms with Gasteiger partial charge in [0, 0.05) is 17.9 Å². The molecule has 1 aromatic rings. The second-order valence-electron chi connectivity index (χ2n) is 2.91. The Hall–Kier alpha value is -2.22. The van der Waals surface area contributed by atoms with Gasteiger partial charge in [-0.05, 0) is 24.3 Å². The van der Waals surface area contributed by atoms with Crippen molar-refractivity contribution in [1.82, 2.24) is 5.32 Å². The predicted molar refractivity (Wildman–Crippen MR) is 58.1 cm³/mol. The Balaban J connectivity index is 2.38. The van der Waals surface area contributed by atoms with Crippen molar-refractivity contribution < 1.29 is 4.79 Å². The van der Waals surface area contributed by atoms with Gasteiger partial charge in [0.1, 0.15) is 0 Å². The van der Waals surface area contributed by atoms with E-state index in [1.54, 1.807) is 24.3 Å². The van der Waals surface area contributed by atoms with E-state index in [-0.39, 0.29) is 6.03 Å². The van der Waals surface area contributed by atoms with Crippen LogP contribution in [0.5, 0.6) is 0 Å². The fourth-order valence-electron chi connectivity index (χ4n) is 0.974. The zero-order chi connectivity index (χ0) is 11.1. The van der Waals surface area contributed by atoms with Gasteiger partial charge in [-0.2, -0.15) is 5.26 Å². The van der Waals surface area contributed by atoms with Crippen LogP contribution in [-0.4, -0.2) is 12.6 Å². The van der Waals surface area contributed by atoms with E-state index in [0.29, 0.717) is 24.3 Å². The number of rotatable bonds is 3. The van der Waals surface area contributed by atoms with Crippen LogP contribution in [0.1, 0.15) is 6.42 Å². The summed E-state index contributed by atoms with van der Waals surface area (Å²) in [5.74, 6) is 0. The van der Waals surface area contributed by atoms with Crippen LogP contribution < -0.4 is 16.4 Å². The van der Waals surface area contributed by atoms with Crippen LogP contribution >= 0.6 is 0 Å². The quantitative estimate of drug-likeness (QED) is 0.512. The smallest absolute Gasteiger partial charge is 0.319 e. The zero-order valence-corrected chi connectivity index (χ0v) is 8.16. The summed E-state index contributed by atoms with van der Waals surface area (Å²) >= 11 is 0. The summed E-state index contributed by atoms with van der Waals surface area (Å²) in [5, 5.41) is 13.4. The molecule has 0 heterocycles. The summed E-state index contributed by atoms with van der Waals surface area (Å²) in [6.07, 6.45) is 0.301. The molecular formula is C10H12N4O. The van der Waals surface area contributed by atoms with Gasteiger partial charge in [0.05, 0.1) is 12.5 Å². The highest BCUT2D eigenvalue weighted by Gasteiger charge is 1.99. The monoisotopic (exact) mass is 204 g/mol. The molecule has 5 heteroatoms. The summed E-state index contributed by atoms with van der Waals surface area (Å²) in [6, 6.07) is 8.42. The highest BCUT2D eigenvalue weighted by molar-refractivity contribution is 5.89. The minimum absolute atomic E-state index is 0.301. The van der Waals surface area contributed by atoms with Crippen molar-refractivity contribution in [2.24, 2.45) is 0 Å². The van der Waals surface area contributed by atoms with Crippen LogP contribution in [0.4, 0.5) is 16.2 Å². The molecule has 0 atom stereocenters. The van der Waals surface area contributed by atoms with E-state index in [4.69, 9.17) is 11.0 Å². The number of urea groups is 1. The lowest BCUT2D eigenvalue weighted by molar-refractivity contribution is 0.252. The Morgan fingerprint density at radius 3 is 2.67 bits per heavy atom. The summed E-state index contributed by atoms with van der Waals surface area (Å²) in [6.45, 7) is 0.345. The van der Waals surface area contributed by atoms with Crippen molar-refractivity contribution in [2.45, 2.75) is 6.42 Å². The van der Waals surface area contributed by atoms with Crippen molar-refractivity contribution in [1.29, 1.82) is 5.26 Å². The maximum absolute atomic E-state index is 11.2. The molecule has 0 bridgehead atoms. The Morgan fingerprint density at radius 1 is 1.40 bits per heavy atom. The molecule has 0 spiro atoms. The Bertz CT molecular complexity index is 366. The topological polar surface area (TPSA) is 90.9 Å². The van der Waals surface area contributed by atoms with E-state index in [1.165, 1.54) is 0 Å². The van der Waals surface area contributed by atoms with Crippen LogP contribution in [0, 0.1) is 11.3 Å². The van der Waals surface area contributed by atoms with Crippen LogP contribution in [0.3, 0.4) is 0 Å². The van der Waals surface area contributed by atoms with Gasteiger partial charge < -0.3 is 16.4 Å². The molecule has 15 heavy (non-hydrogen) atoms. The molecule has 1 aromatic carbocycles. The molecule has 0 radical (unpaired) electrons. The largest absolute Gasteiger partial charge is 0.399 e. The fraction of sp³-hybridized carbons (Fsp3) is 0.200. The highest BCUT2D eigenvalue weighted by Crippen LogP contribution is 2.09. The fourth-order valence-corrected chi connectivity index (χ4v) is 0.974. The van der Waals surface area contributed by atoms with E-state index in [1.807, 2.05) is 6.07 Å². The number of nitrogens with zero attached hydrogens (tertiary/aromatic N) is 1. The molecule has 0 aromatic heterocycles. The number of amides is 2. The zero-order valence-electron chi connectivity index (χ0n) is 8.16. The molecule has 5 nitrogen and oxygen atoms in total. The SMILES string of the molecule is N#CCCNC(=O)Nc1ccc(N)cc1. The third-order valence-electron chi connectivity index (χ3n) is 1.69. The van der Waals surface area contributed by atoms with Crippen molar-refractivity contribution in [3.63, 3.8) is 0 Å². The van der Waals surface area contributed by atoms with Crippen LogP contribution in [0.15, 0.2) is 24.3 Å². The lowest BCUT2D eigenvalue weighted by atomic mass is 10.3. The molecule has 0 unspecified atom stereocenters. The Morgan fingerprint density at radius 2 is 2.07 bits per heavy atom. The first-order chi connectivity index (χ1) is 7.22. The van der Waals surface area contributed by atoms with E-state index in [0.717, 1.165) is 0 Å². The average molecular weight is 204 g/mol. The summed E-state index contributed by atoms with van der Waals surface area (Å²) in [4.78, 5) is 11.2. The van der Waals surface area contributed by atoms with Gasteiger partial charge in [-0.15, -0.1) is 0 Å². The highest BCUT2D eigenvalue weighted by atomic mass is 16.2. The van der Waals surface area contributed by atoms with Crippen LogP contribution in [0.25, 0.3) is 0 Å². The number of nitrogens with two attached hydrogens (primary N) is 1. The third kappa shape index (κ3) is 4.00. The molecule has 0 aliphatic rings. The van der Waals surface area contributed by atoms with Crippen LogP contribution in [0.2, 0.25) is 0 Å². The first kappa shape index (κ1) is 10.9. The lowest BCUT2D eigenvalue weighted by Crippen LogP contribution is -2.29. The van der Waals surface area contributed by atoms with Gasteiger partial charge in [-0.3, -0.25) is 0 Å². The molecule has 0 saturated heterocycles. The molecule has 1 rings (SSSR count). The van der Waals surface area contributed by atoms with Gasteiger partial charge in [0.15, 0.2) is 0 Å². The normalized spacial score (nSPS) is 9.00. The maximum Gasteiger partial charge on any atom is 0.319 e. The van der Waals surface area contributed by atoms with Crippen molar-refractivity contribution >= 4 is 17.4 Å². The molecular weight excluding hydrogens is 192 g/mol. The van der Waals surface area contributed by atoms with E-state index >= 15 is 0 Å². The standard InChI is InChI=1S/C10H12N4O/c11-6-1-7-13-10(15)14-9-4-2-8(12)3-5-9/h2-5H,1,7,12H2,(H2,13,14,15). The second kappa shape index (κ2) is 5.50. The van der Waals surface area contributed by atoms with Gasteiger partial charge in [0.2, 0.25) is 0 Å². The first-order valence-electron chi connectivity index (χ1n) is 4.49. The molecule has 4 N–H and O–H groups in total. The minimum Gasteiger partial charge on any atom is -0.399 e. The van der Waals surface area contributed by atoms with Crippen molar-refractivity contribution in [2.75, 3.05) is 17.6 Å².